The van der Waals surface area contributed by atoms with Crippen LogP contribution in [0.1, 0.15) is 13.8 Å². The van der Waals surface area contributed by atoms with E-state index in [0.717, 1.165) is 16.5 Å². The molecule has 1 aromatic rings. The van der Waals surface area contributed by atoms with Gasteiger partial charge in [-0.15, -0.1) is 11.8 Å². The minimum absolute atomic E-state index is 0.672. The molecule has 78 valence electrons. The van der Waals surface area contributed by atoms with E-state index in [-0.39, 0.29) is 0 Å². The molecule has 1 unspecified atom stereocenters. The fraction of sp³-hybridized carbons (Fsp3) is 0.545. The smallest absolute Gasteiger partial charge is 0.0959 e. The molecule has 1 aromatic heterocycles. The van der Waals surface area contributed by atoms with Crippen molar-refractivity contribution in [3.05, 3.63) is 24.4 Å². The van der Waals surface area contributed by atoms with Crippen molar-refractivity contribution in [1.29, 1.82) is 0 Å². The Kier molecular flexibility index (Phi) is 5.41. The van der Waals surface area contributed by atoms with Crippen LogP contribution in [0, 0.1) is 11.8 Å². The molecule has 3 heteroatoms. The Labute approximate surface area is 96.1 Å². The molecule has 0 bridgehead atoms. The highest BCUT2D eigenvalue weighted by molar-refractivity contribution is 7.99. The maximum Gasteiger partial charge on any atom is 0.0959 e. The van der Waals surface area contributed by atoms with E-state index < -0.39 is 0 Å². The summed E-state index contributed by atoms with van der Waals surface area (Å²) in [6.45, 7) is 4.50. The minimum Gasteiger partial charge on any atom is -0.250 e. The average molecular weight is 227 g/mol. The molecule has 0 spiro atoms. The van der Waals surface area contributed by atoms with Crippen LogP contribution in [-0.2, 0) is 0 Å². The van der Waals surface area contributed by atoms with Gasteiger partial charge in [0.2, 0.25) is 0 Å². The summed E-state index contributed by atoms with van der Waals surface area (Å²) in [4.78, 5) is 4.28. The average Bonchev–Trinajstić information content (AvgIpc) is 2.20. The van der Waals surface area contributed by atoms with E-state index in [1.807, 2.05) is 30.1 Å². The number of aromatic nitrogens is 1. The van der Waals surface area contributed by atoms with Gasteiger partial charge in [-0.2, -0.15) is 12.6 Å². The van der Waals surface area contributed by atoms with E-state index in [0.29, 0.717) is 11.8 Å². The Morgan fingerprint density at radius 2 is 2.21 bits per heavy atom. The first-order chi connectivity index (χ1) is 6.74. The molecule has 0 radical (unpaired) electrons. The third kappa shape index (κ3) is 3.93. The topological polar surface area (TPSA) is 12.9 Å². The summed E-state index contributed by atoms with van der Waals surface area (Å²) in [6, 6.07) is 6.03. The highest BCUT2D eigenvalue weighted by atomic mass is 32.2. The second-order valence-electron chi connectivity index (χ2n) is 3.67. The van der Waals surface area contributed by atoms with Gasteiger partial charge in [0.05, 0.1) is 5.03 Å². The van der Waals surface area contributed by atoms with Crippen LogP contribution in [0.15, 0.2) is 29.4 Å². The van der Waals surface area contributed by atoms with Crippen molar-refractivity contribution >= 4 is 24.4 Å². The van der Waals surface area contributed by atoms with Crippen LogP contribution in [0.4, 0.5) is 0 Å². The molecule has 0 aromatic carbocycles. The number of thiol groups is 1. The summed E-state index contributed by atoms with van der Waals surface area (Å²) in [6.07, 6.45) is 1.84. The molecule has 1 rings (SSSR count). The van der Waals surface area contributed by atoms with Crippen LogP contribution < -0.4 is 0 Å². The lowest BCUT2D eigenvalue weighted by Gasteiger charge is -2.17. The van der Waals surface area contributed by atoms with Crippen molar-refractivity contribution in [1.82, 2.24) is 4.98 Å². The second-order valence-corrected chi connectivity index (χ2v) is 5.07. The van der Waals surface area contributed by atoms with Gasteiger partial charge in [0.25, 0.3) is 0 Å². The van der Waals surface area contributed by atoms with Gasteiger partial charge in [0, 0.05) is 11.9 Å². The van der Waals surface area contributed by atoms with E-state index in [4.69, 9.17) is 0 Å². The molecule has 0 aliphatic heterocycles. The predicted molar refractivity (Wildman–Crippen MR) is 67.1 cm³/mol. The molecule has 0 fully saturated rings. The summed E-state index contributed by atoms with van der Waals surface area (Å²) in [5, 5.41) is 1.11. The molecule has 0 N–H and O–H groups in total. The lowest BCUT2D eigenvalue weighted by Crippen LogP contribution is -2.13. The highest BCUT2D eigenvalue weighted by Crippen LogP contribution is 2.23. The zero-order valence-corrected chi connectivity index (χ0v) is 10.4. The maximum absolute atomic E-state index is 4.37. The van der Waals surface area contributed by atoms with Crippen LogP contribution in [0.2, 0.25) is 0 Å². The van der Waals surface area contributed by atoms with Gasteiger partial charge in [-0.25, -0.2) is 4.98 Å². The fourth-order valence-electron chi connectivity index (χ4n) is 1.08. The predicted octanol–water partition coefficient (Wildman–Crippen LogP) is 3.38. The van der Waals surface area contributed by atoms with Crippen molar-refractivity contribution in [3.8, 4) is 0 Å². The Morgan fingerprint density at radius 1 is 1.43 bits per heavy atom. The second kappa shape index (κ2) is 6.36. The van der Waals surface area contributed by atoms with Crippen LogP contribution in [0.3, 0.4) is 0 Å². The Bertz CT molecular complexity index is 249. The van der Waals surface area contributed by atoms with Crippen molar-refractivity contribution < 1.29 is 0 Å². The van der Waals surface area contributed by atoms with Gasteiger partial charge in [-0.3, -0.25) is 0 Å². The van der Waals surface area contributed by atoms with Gasteiger partial charge in [0.15, 0.2) is 0 Å². The van der Waals surface area contributed by atoms with Gasteiger partial charge < -0.3 is 0 Å². The number of hydrogen-bond acceptors (Lipinski definition) is 3. The molecule has 0 aliphatic carbocycles. The first-order valence-corrected chi connectivity index (χ1v) is 6.50. The summed E-state index contributed by atoms with van der Waals surface area (Å²) >= 11 is 6.19. The monoisotopic (exact) mass is 227 g/mol. The van der Waals surface area contributed by atoms with E-state index >= 15 is 0 Å². The molecular weight excluding hydrogens is 210 g/mol. The zero-order valence-electron chi connectivity index (χ0n) is 8.68. The number of hydrogen-bond donors (Lipinski definition) is 1. The first-order valence-electron chi connectivity index (χ1n) is 4.88. The molecule has 1 atom stereocenters. The summed E-state index contributed by atoms with van der Waals surface area (Å²) in [5.41, 5.74) is 0. The van der Waals surface area contributed by atoms with Crippen LogP contribution in [-0.4, -0.2) is 16.5 Å². The van der Waals surface area contributed by atoms with Crippen molar-refractivity contribution in [3.63, 3.8) is 0 Å². The molecule has 0 aliphatic rings. The number of thioether (sulfide) groups is 1. The fourth-order valence-corrected chi connectivity index (χ4v) is 3.00. The van der Waals surface area contributed by atoms with E-state index in [1.54, 1.807) is 0 Å². The molecule has 0 saturated heterocycles. The molecule has 1 nitrogen and oxygen atoms in total. The number of pyridine rings is 1. The van der Waals surface area contributed by atoms with Crippen LogP contribution in [0.5, 0.6) is 0 Å². The van der Waals surface area contributed by atoms with Gasteiger partial charge in [0.1, 0.15) is 0 Å². The third-order valence-corrected chi connectivity index (χ3v) is 3.86. The first kappa shape index (κ1) is 11.9. The van der Waals surface area contributed by atoms with E-state index in [1.165, 1.54) is 0 Å². The van der Waals surface area contributed by atoms with Crippen LogP contribution >= 0.6 is 24.4 Å². The summed E-state index contributed by atoms with van der Waals surface area (Å²) in [5.74, 6) is 3.43. The van der Waals surface area contributed by atoms with Crippen molar-refractivity contribution in [2.24, 2.45) is 11.8 Å². The van der Waals surface area contributed by atoms with Gasteiger partial charge in [-0.05, 0) is 29.7 Å². The highest BCUT2D eigenvalue weighted by Gasteiger charge is 2.11. The Morgan fingerprint density at radius 3 is 2.71 bits per heavy atom. The largest absolute Gasteiger partial charge is 0.250 e. The standard InChI is InChI=1S/C11H17NS2/c1-9(2)10(7-13)8-14-11-5-3-4-6-12-11/h3-6,9-10,13H,7-8H2,1-2H3. The molecule has 0 amide bonds. The van der Waals surface area contributed by atoms with Crippen molar-refractivity contribution in [2.45, 2.75) is 18.9 Å². The lowest BCUT2D eigenvalue weighted by molar-refractivity contribution is 0.473. The molecule has 14 heavy (non-hydrogen) atoms. The molecule has 0 saturated carbocycles. The van der Waals surface area contributed by atoms with Crippen LogP contribution in [0.25, 0.3) is 0 Å². The normalized spacial score (nSPS) is 13.1. The Balaban J connectivity index is 2.40. The Hall–Kier alpha value is -0.150. The number of rotatable bonds is 5. The third-order valence-electron chi connectivity index (χ3n) is 2.26. The number of nitrogens with zero attached hydrogens (tertiary/aromatic N) is 1. The SMILES string of the molecule is CC(C)C(CS)CSc1ccccn1. The minimum atomic E-state index is 0.672. The maximum atomic E-state index is 4.37. The lowest BCUT2D eigenvalue weighted by atomic mass is 10.0. The molecular formula is C11H17NS2. The van der Waals surface area contributed by atoms with Gasteiger partial charge >= 0.3 is 0 Å². The zero-order chi connectivity index (χ0) is 10.4. The van der Waals surface area contributed by atoms with Crippen molar-refractivity contribution in [2.75, 3.05) is 11.5 Å². The summed E-state index contributed by atoms with van der Waals surface area (Å²) in [7, 11) is 0. The van der Waals surface area contributed by atoms with Gasteiger partial charge in [-0.1, -0.05) is 19.9 Å². The summed E-state index contributed by atoms with van der Waals surface area (Å²) < 4.78 is 0. The quantitative estimate of drug-likeness (QED) is 0.612. The van der Waals surface area contributed by atoms with E-state index in [9.17, 15) is 0 Å². The van der Waals surface area contributed by atoms with E-state index in [2.05, 4.69) is 37.5 Å². The molecule has 1 heterocycles.